The molecule has 2 aromatic carbocycles. The van der Waals surface area contributed by atoms with Crippen molar-refractivity contribution in [2.75, 3.05) is 0 Å². The predicted molar refractivity (Wildman–Crippen MR) is 137 cm³/mol. The van der Waals surface area contributed by atoms with Crippen molar-refractivity contribution >= 4 is 28.5 Å². The first-order valence-electron chi connectivity index (χ1n) is 11.7. The molecule has 1 atom stereocenters. The summed E-state index contributed by atoms with van der Waals surface area (Å²) >= 11 is 0. The van der Waals surface area contributed by atoms with E-state index in [2.05, 4.69) is 22.3 Å². The minimum Gasteiger partial charge on any atom is -0.350 e. The van der Waals surface area contributed by atoms with Crippen LogP contribution in [-0.4, -0.2) is 36.6 Å². The van der Waals surface area contributed by atoms with Gasteiger partial charge in [0.2, 0.25) is 11.7 Å². The summed E-state index contributed by atoms with van der Waals surface area (Å²) in [7, 11) is 0. The Hall–Kier alpha value is -4.47. The van der Waals surface area contributed by atoms with Crippen molar-refractivity contribution in [2.45, 2.75) is 45.9 Å². The molecule has 186 valence electrons. The lowest BCUT2D eigenvalue weighted by atomic mass is 10.1. The maximum Gasteiger partial charge on any atom is 0.352 e. The van der Waals surface area contributed by atoms with Crippen molar-refractivity contribution in [2.24, 2.45) is 0 Å². The third-order valence-electron chi connectivity index (χ3n) is 5.97. The predicted octanol–water partition coefficient (Wildman–Crippen LogP) is 1.84. The van der Waals surface area contributed by atoms with Gasteiger partial charge in [0, 0.05) is 24.7 Å². The molecule has 0 aliphatic carbocycles. The van der Waals surface area contributed by atoms with E-state index in [4.69, 9.17) is 0 Å². The molecule has 0 saturated heterocycles. The van der Waals surface area contributed by atoms with E-state index >= 15 is 0 Å². The van der Waals surface area contributed by atoms with Gasteiger partial charge in [0.1, 0.15) is 6.54 Å². The van der Waals surface area contributed by atoms with Crippen LogP contribution in [0.2, 0.25) is 0 Å². The van der Waals surface area contributed by atoms with Crippen LogP contribution in [0.4, 0.5) is 0 Å². The number of carbonyl (C=O) groups is 2. The van der Waals surface area contributed by atoms with Gasteiger partial charge in [-0.05, 0) is 37.1 Å². The lowest BCUT2D eigenvalue weighted by molar-refractivity contribution is -0.122. The summed E-state index contributed by atoms with van der Waals surface area (Å²) in [6, 6.07) is 13.9. The van der Waals surface area contributed by atoms with Gasteiger partial charge < -0.3 is 10.6 Å². The molecule has 4 aromatic rings. The molecule has 2 amide bonds. The fourth-order valence-corrected chi connectivity index (χ4v) is 3.85. The number of amides is 2. The molecular formula is C26H28N6O4. The maximum atomic E-state index is 13.4. The van der Waals surface area contributed by atoms with Crippen molar-refractivity contribution in [3.05, 3.63) is 93.2 Å². The van der Waals surface area contributed by atoms with Crippen LogP contribution in [0.3, 0.4) is 0 Å². The monoisotopic (exact) mass is 488 g/mol. The second kappa shape index (κ2) is 10.4. The minimum absolute atomic E-state index is 0.0336. The SMILES string of the molecule is C=CCn1c(=O)c2ccc(C(=O)N[C@@H](C)CC)cc2n2c(=O)n(CC(=O)NCc3ccccc3)nc12. The molecule has 2 heterocycles. The van der Waals surface area contributed by atoms with Crippen molar-refractivity contribution in [1.29, 1.82) is 0 Å². The van der Waals surface area contributed by atoms with Gasteiger partial charge in [-0.15, -0.1) is 11.7 Å². The standard InChI is InChI=1S/C26H28N6O4/c1-4-13-30-24(35)20-12-11-19(23(34)28-17(3)5-2)14-21(20)32-25(30)29-31(26(32)36)16-22(33)27-15-18-9-7-6-8-10-18/h4,6-12,14,17H,1,5,13,15-16H2,2-3H3,(H,27,33)(H,28,34)/t17-/m0/s1. The second-order valence-corrected chi connectivity index (χ2v) is 8.56. The number of carbonyl (C=O) groups excluding carboxylic acids is 2. The van der Waals surface area contributed by atoms with Gasteiger partial charge in [-0.3, -0.25) is 19.0 Å². The molecular weight excluding hydrogens is 460 g/mol. The molecule has 0 saturated carbocycles. The molecule has 0 fully saturated rings. The quantitative estimate of drug-likeness (QED) is 0.349. The molecule has 10 heteroatoms. The summed E-state index contributed by atoms with van der Waals surface area (Å²) in [6.45, 7) is 7.63. The van der Waals surface area contributed by atoms with E-state index in [1.54, 1.807) is 6.07 Å². The van der Waals surface area contributed by atoms with Crippen molar-refractivity contribution in [3.63, 3.8) is 0 Å². The highest BCUT2D eigenvalue weighted by Crippen LogP contribution is 2.15. The summed E-state index contributed by atoms with van der Waals surface area (Å²) in [6.07, 6.45) is 2.28. The number of benzene rings is 2. The van der Waals surface area contributed by atoms with Crippen molar-refractivity contribution < 1.29 is 9.59 Å². The third-order valence-corrected chi connectivity index (χ3v) is 5.97. The maximum absolute atomic E-state index is 13.4. The van der Waals surface area contributed by atoms with Crippen LogP contribution in [0, 0.1) is 0 Å². The highest BCUT2D eigenvalue weighted by atomic mass is 16.2. The molecule has 10 nitrogen and oxygen atoms in total. The number of nitrogens with zero attached hydrogens (tertiary/aromatic N) is 4. The zero-order valence-corrected chi connectivity index (χ0v) is 20.2. The molecule has 0 spiro atoms. The Kier molecular flexibility index (Phi) is 7.14. The summed E-state index contributed by atoms with van der Waals surface area (Å²) in [5, 5.41) is 10.2. The van der Waals surface area contributed by atoms with Crippen molar-refractivity contribution in [1.82, 2.24) is 29.4 Å². The van der Waals surface area contributed by atoms with Crippen LogP contribution in [0.5, 0.6) is 0 Å². The van der Waals surface area contributed by atoms with Gasteiger partial charge in [-0.2, -0.15) is 0 Å². The Labute approximate surface area is 206 Å². The van der Waals surface area contributed by atoms with Gasteiger partial charge in [-0.25, -0.2) is 13.9 Å². The molecule has 36 heavy (non-hydrogen) atoms. The van der Waals surface area contributed by atoms with Crippen LogP contribution in [0.25, 0.3) is 16.7 Å². The number of rotatable bonds is 9. The lowest BCUT2D eigenvalue weighted by Crippen LogP contribution is -2.33. The number of allylic oxidation sites excluding steroid dienone is 1. The average molecular weight is 489 g/mol. The van der Waals surface area contributed by atoms with Gasteiger partial charge in [0.05, 0.1) is 10.9 Å². The Morgan fingerprint density at radius 1 is 1.14 bits per heavy atom. The summed E-state index contributed by atoms with van der Waals surface area (Å²) in [5.74, 6) is -0.650. The molecule has 4 rings (SSSR count). The average Bonchev–Trinajstić information content (AvgIpc) is 3.20. The van der Waals surface area contributed by atoms with Crippen LogP contribution in [0.1, 0.15) is 36.2 Å². The fraction of sp³-hybridized carbons (Fsp3) is 0.269. The zero-order chi connectivity index (χ0) is 25.8. The topological polar surface area (TPSA) is 120 Å². The first-order valence-corrected chi connectivity index (χ1v) is 11.7. The normalized spacial score (nSPS) is 11.9. The molecule has 0 aliphatic rings. The van der Waals surface area contributed by atoms with E-state index in [1.165, 1.54) is 27.2 Å². The Bertz CT molecular complexity index is 1560. The highest BCUT2D eigenvalue weighted by Gasteiger charge is 2.20. The second-order valence-electron chi connectivity index (χ2n) is 8.56. The van der Waals surface area contributed by atoms with Crippen LogP contribution < -0.4 is 21.9 Å². The van der Waals surface area contributed by atoms with Crippen molar-refractivity contribution in [3.8, 4) is 0 Å². The third kappa shape index (κ3) is 4.83. The number of hydrogen-bond donors (Lipinski definition) is 2. The number of nitrogens with one attached hydrogen (secondary N) is 2. The van der Waals surface area contributed by atoms with Gasteiger partial charge in [0.15, 0.2) is 0 Å². The van der Waals surface area contributed by atoms with Gasteiger partial charge in [0.25, 0.3) is 11.5 Å². The van der Waals surface area contributed by atoms with Gasteiger partial charge in [-0.1, -0.05) is 43.3 Å². The largest absolute Gasteiger partial charge is 0.352 e. The number of aromatic nitrogens is 4. The van der Waals surface area contributed by atoms with E-state index in [0.29, 0.717) is 12.1 Å². The molecule has 2 aromatic heterocycles. The lowest BCUT2D eigenvalue weighted by Gasteiger charge is -2.12. The van der Waals surface area contributed by atoms with Gasteiger partial charge >= 0.3 is 5.69 Å². The summed E-state index contributed by atoms with van der Waals surface area (Å²) in [5.41, 5.74) is 0.500. The van der Waals surface area contributed by atoms with Crippen LogP contribution >= 0.6 is 0 Å². The molecule has 0 bridgehead atoms. The number of fused-ring (bicyclic) bond motifs is 3. The Morgan fingerprint density at radius 3 is 2.58 bits per heavy atom. The minimum atomic E-state index is -0.595. The van der Waals surface area contributed by atoms with E-state index in [9.17, 15) is 19.2 Å². The van der Waals surface area contributed by atoms with Crippen LogP contribution in [0.15, 0.2) is 70.8 Å². The molecule has 0 aliphatic heterocycles. The highest BCUT2D eigenvalue weighted by molar-refractivity contribution is 5.98. The number of hydrogen-bond acceptors (Lipinski definition) is 5. The van der Waals surface area contributed by atoms with E-state index in [0.717, 1.165) is 16.7 Å². The smallest absolute Gasteiger partial charge is 0.350 e. The van der Waals surface area contributed by atoms with E-state index in [1.807, 2.05) is 44.2 Å². The molecule has 0 unspecified atom stereocenters. The van der Waals surface area contributed by atoms with E-state index < -0.39 is 11.6 Å². The molecule has 0 radical (unpaired) electrons. The zero-order valence-electron chi connectivity index (χ0n) is 20.2. The first kappa shape index (κ1) is 24.6. The van der Waals surface area contributed by atoms with E-state index in [-0.39, 0.29) is 47.3 Å². The van der Waals surface area contributed by atoms with Crippen LogP contribution in [-0.2, 0) is 24.4 Å². The fourth-order valence-electron chi connectivity index (χ4n) is 3.85. The Balaban J connectivity index is 1.77. The summed E-state index contributed by atoms with van der Waals surface area (Å²) < 4.78 is 3.58. The summed E-state index contributed by atoms with van der Waals surface area (Å²) in [4.78, 5) is 51.9. The Morgan fingerprint density at radius 2 is 1.89 bits per heavy atom. The first-order chi connectivity index (χ1) is 17.3. The molecule has 2 N–H and O–H groups in total.